The molecule has 0 saturated carbocycles. The molecule has 0 aromatic rings. The molecule has 1 saturated heterocycles. The van der Waals surface area contributed by atoms with E-state index >= 15 is 0 Å². The Balaban J connectivity index is 1.93. The molecule has 0 bridgehead atoms. The van der Waals surface area contributed by atoms with Crippen molar-refractivity contribution in [2.24, 2.45) is 0 Å². The number of hydrogen-bond acceptors (Lipinski definition) is 7. The van der Waals surface area contributed by atoms with Gasteiger partial charge in [0.25, 0.3) is 0 Å². The van der Waals surface area contributed by atoms with E-state index in [1.54, 1.807) is 0 Å². The minimum Gasteiger partial charge on any atom is -0.481 e. The summed E-state index contributed by atoms with van der Waals surface area (Å²) in [5.74, 6) is -2.81. The Hall–Kier alpha value is -0.770. The molecule has 0 radical (unpaired) electrons. The SMILES string of the molecule is O=C(O)CCCCCCCCCCNC[C@@H]1O[C@](O)(CO)[C@@H](O)[C@@H]1O. The van der Waals surface area contributed by atoms with Gasteiger partial charge in [-0.3, -0.25) is 4.79 Å². The van der Waals surface area contributed by atoms with E-state index in [9.17, 15) is 20.1 Å². The van der Waals surface area contributed by atoms with E-state index in [-0.39, 0.29) is 6.42 Å². The van der Waals surface area contributed by atoms with E-state index < -0.39 is 36.7 Å². The molecular weight excluding hydrogens is 330 g/mol. The van der Waals surface area contributed by atoms with Crippen LogP contribution in [0.1, 0.15) is 57.8 Å². The first kappa shape index (κ1) is 22.3. The summed E-state index contributed by atoms with van der Waals surface area (Å²) >= 11 is 0. The quantitative estimate of drug-likeness (QED) is 0.237. The van der Waals surface area contributed by atoms with E-state index in [1.807, 2.05) is 0 Å². The van der Waals surface area contributed by atoms with Gasteiger partial charge in [-0.25, -0.2) is 0 Å². The molecule has 4 atom stereocenters. The lowest BCUT2D eigenvalue weighted by Crippen LogP contribution is -2.46. The topological polar surface area (TPSA) is 139 Å². The number of ether oxygens (including phenoxy) is 1. The fourth-order valence-corrected chi connectivity index (χ4v) is 3.00. The highest BCUT2D eigenvalue weighted by Crippen LogP contribution is 2.28. The summed E-state index contributed by atoms with van der Waals surface area (Å²) in [7, 11) is 0. The lowest BCUT2D eigenvalue weighted by molar-refractivity contribution is -0.245. The Bertz CT molecular complexity index is 382. The third-order valence-corrected chi connectivity index (χ3v) is 4.59. The lowest BCUT2D eigenvalue weighted by Gasteiger charge is -2.22. The van der Waals surface area contributed by atoms with E-state index in [0.29, 0.717) is 6.54 Å². The molecule has 25 heavy (non-hydrogen) atoms. The van der Waals surface area contributed by atoms with Crippen LogP contribution >= 0.6 is 0 Å². The summed E-state index contributed by atoms with van der Waals surface area (Å²) < 4.78 is 5.14. The minimum atomic E-state index is -2.09. The Morgan fingerprint density at radius 1 is 1.00 bits per heavy atom. The van der Waals surface area contributed by atoms with Crippen molar-refractivity contribution in [3.8, 4) is 0 Å². The first-order valence-electron chi connectivity index (χ1n) is 9.20. The van der Waals surface area contributed by atoms with Crippen LogP contribution in [-0.4, -0.2) is 75.3 Å². The molecule has 0 aromatic carbocycles. The number of unbranched alkanes of at least 4 members (excludes halogenated alkanes) is 7. The van der Waals surface area contributed by atoms with Crippen molar-refractivity contribution in [2.75, 3.05) is 19.7 Å². The molecule has 8 nitrogen and oxygen atoms in total. The molecule has 1 fully saturated rings. The van der Waals surface area contributed by atoms with Crippen LogP contribution < -0.4 is 5.32 Å². The Morgan fingerprint density at radius 2 is 1.56 bits per heavy atom. The number of carbonyl (C=O) groups is 1. The number of aliphatic hydroxyl groups excluding tert-OH is 3. The van der Waals surface area contributed by atoms with Crippen molar-refractivity contribution in [1.29, 1.82) is 0 Å². The molecule has 1 heterocycles. The smallest absolute Gasteiger partial charge is 0.303 e. The molecule has 0 aliphatic carbocycles. The normalized spacial score (nSPS) is 29.2. The van der Waals surface area contributed by atoms with Gasteiger partial charge >= 0.3 is 5.97 Å². The molecule has 0 unspecified atom stereocenters. The summed E-state index contributed by atoms with van der Waals surface area (Å²) in [5.41, 5.74) is 0. The Labute approximate surface area is 148 Å². The number of rotatable bonds is 14. The standard InChI is InChI=1S/C17H33NO7/c19-12-17(24)16(23)15(22)13(25-17)11-18-10-8-6-4-2-1-3-5-7-9-14(20)21/h13,15-16,18-19,22-24H,1-12H2,(H,20,21)/t13-,15+,16-,17+/m0/s1. The van der Waals surface area contributed by atoms with E-state index in [4.69, 9.17) is 14.9 Å². The van der Waals surface area contributed by atoms with Gasteiger partial charge in [0.05, 0.1) is 6.61 Å². The summed E-state index contributed by atoms with van der Waals surface area (Å²) in [4.78, 5) is 10.4. The van der Waals surface area contributed by atoms with Gasteiger partial charge in [-0.05, 0) is 19.4 Å². The second-order valence-electron chi connectivity index (χ2n) is 6.77. The maximum atomic E-state index is 10.4. The molecule has 1 aliphatic rings. The average molecular weight is 363 g/mol. The summed E-state index contributed by atoms with van der Waals surface area (Å²) in [6.45, 7) is 0.279. The second kappa shape index (κ2) is 11.8. The van der Waals surface area contributed by atoms with Gasteiger partial charge in [-0.1, -0.05) is 38.5 Å². The monoisotopic (exact) mass is 363 g/mol. The molecular formula is C17H33NO7. The highest BCUT2D eigenvalue weighted by Gasteiger charge is 2.52. The Morgan fingerprint density at radius 3 is 2.08 bits per heavy atom. The number of aliphatic hydroxyl groups is 4. The maximum absolute atomic E-state index is 10.4. The van der Waals surface area contributed by atoms with Crippen LogP contribution in [0.4, 0.5) is 0 Å². The Kier molecular flexibility index (Phi) is 10.5. The number of carboxylic acid groups (broad SMARTS) is 1. The van der Waals surface area contributed by atoms with Gasteiger partial charge < -0.3 is 35.6 Å². The third kappa shape index (κ3) is 7.98. The van der Waals surface area contributed by atoms with Crippen molar-refractivity contribution >= 4 is 5.97 Å². The van der Waals surface area contributed by atoms with Crippen molar-refractivity contribution < 1.29 is 35.1 Å². The third-order valence-electron chi connectivity index (χ3n) is 4.59. The van der Waals surface area contributed by atoms with Crippen molar-refractivity contribution in [2.45, 2.75) is 81.9 Å². The molecule has 0 amide bonds. The average Bonchev–Trinajstić information content (AvgIpc) is 2.80. The molecule has 148 valence electrons. The number of carboxylic acids is 1. The fourth-order valence-electron chi connectivity index (χ4n) is 3.00. The van der Waals surface area contributed by atoms with Crippen molar-refractivity contribution in [3.63, 3.8) is 0 Å². The van der Waals surface area contributed by atoms with Gasteiger partial charge in [-0.15, -0.1) is 0 Å². The van der Waals surface area contributed by atoms with Crippen LogP contribution in [0.5, 0.6) is 0 Å². The molecule has 1 aliphatic heterocycles. The van der Waals surface area contributed by atoms with Crippen LogP contribution in [0.2, 0.25) is 0 Å². The van der Waals surface area contributed by atoms with Crippen LogP contribution in [0.15, 0.2) is 0 Å². The van der Waals surface area contributed by atoms with E-state index in [2.05, 4.69) is 5.32 Å². The number of aliphatic carboxylic acids is 1. The summed E-state index contributed by atoms with van der Waals surface area (Å²) in [6, 6.07) is 0. The van der Waals surface area contributed by atoms with E-state index in [0.717, 1.165) is 57.9 Å². The minimum absolute atomic E-state index is 0.262. The number of hydrogen-bond donors (Lipinski definition) is 6. The van der Waals surface area contributed by atoms with Crippen LogP contribution in [-0.2, 0) is 9.53 Å². The van der Waals surface area contributed by atoms with Gasteiger partial charge in [0, 0.05) is 13.0 Å². The first-order chi connectivity index (χ1) is 11.9. The lowest BCUT2D eigenvalue weighted by atomic mass is 10.1. The maximum Gasteiger partial charge on any atom is 0.303 e. The molecule has 1 rings (SSSR count). The zero-order valence-electron chi connectivity index (χ0n) is 14.8. The summed E-state index contributed by atoms with van der Waals surface area (Å²) in [5, 5.41) is 49.9. The van der Waals surface area contributed by atoms with Gasteiger partial charge in [0.2, 0.25) is 5.79 Å². The highest BCUT2D eigenvalue weighted by molar-refractivity contribution is 5.66. The van der Waals surface area contributed by atoms with Gasteiger partial charge in [-0.2, -0.15) is 0 Å². The van der Waals surface area contributed by atoms with Crippen molar-refractivity contribution in [1.82, 2.24) is 5.32 Å². The summed E-state index contributed by atoms with van der Waals surface area (Å²) in [6.07, 6.45) is 5.05. The van der Waals surface area contributed by atoms with Crippen LogP contribution in [0.3, 0.4) is 0 Å². The fraction of sp³-hybridized carbons (Fsp3) is 0.941. The van der Waals surface area contributed by atoms with Crippen LogP contribution in [0, 0.1) is 0 Å². The van der Waals surface area contributed by atoms with Crippen LogP contribution in [0.25, 0.3) is 0 Å². The first-order valence-corrected chi connectivity index (χ1v) is 9.20. The predicted octanol–water partition coefficient (Wildman–Crippen LogP) is -0.0270. The van der Waals surface area contributed by atoms with Gasteiger partial charge in [0.15, 0.2) is 0 Å². The van der Waals surface area contributed by atoms with Crippen molar-refractivity contribution in [3.05, 3.63) is 0 Å². The largest absolute Gasteiger partial charge is 0.481 e. The second-order valence-corrected chi connectivity index (χ2v) is 6.77. The molecule has 0 aromatic heterocycles. The molecule has 0 spiro atoms. The number of nitrogens with one attached hydrogen (secondary N) is 1. The zero-order chi connectivity index (χ0) is 18.7. The predicted molar refractivity (Wildman–Crippen MR) is 91.0 cm³/mol. The molecule has 6 N–H and O–H groups in total. The van der Waals surface area contributed by atoms with Gasteiger partial charge in [0.1, 0.15) is 18.3 Å². The van der Waals surface area contributed by atoms with E-state index in [1.165, 1.54) is 0 Å². The highest BCUT2D eigenvalue weighted by atomic mass is 16.7. The zero-order valence-corrected chi connectivity index (χ0v) is 14.8. The molecule has 8 heteroatoms.